The molecule has 2 atom stereocenters. The summed E-state index contributed by atoms with van der Waals surface area (Å²) in [6.07, 6.45) is 7.32. The van der Waals surface area contributed by atoms with Gasteiger partial charge in [-0.15, -0.1) is 10.2 Å². The Balaban J connectivity index is 1.98. The number of azo groups is 1. The van der Waals surface area contributed by atoms with Crippen LogP contribution >= 0.6 is 17.6 Å². The molecule has 0 saturated heterocycles. The summed E-state index contributed by atoms with van der Waals surface area (Å²) in [4.78, 5) is 0. The quantitative estimate of drug-likeness (QED) is 0.535. The molecule has 0 N–H and O–H groups in total. The molecule has 4 nitrogen and oxygen atoms in total. The third-order valence-electron chi connectivity index (χ3n) is 1.38. The van der Waals surface area contributed by atoms with Gasteiger partial charge in [0.25, 0.3) is 0 Å². The Morgan fingerprint density at radius 2 is 1.36 bits per heavy atom. The summed E-state index contributed by atoms with van der Waals surface area (Å²) in [7, 11) is 0.652. The normalized spacial score (nSPS) is 23.4. The fourth-order valence-corrected chi connectivity index (χ4v) is 1.75. The monoisotopic (exact) mass is 226 g/mol. The van der Waals surface area contributed by atoms with E-state index in [9.17, 15) is 0 Å². The molecule has 2 aliphatic heterocycles. The van der Waals surface area contributed by atoms with Gasteiger partial charge in [0, 0.05) is 12.2 Å². The molecule has 0 spiro atoms. The molecule has 0 aromatic carbocycles. The van der Waals surface area contributed by atoms with Crippen LogP contribution in [-0.2, 0) is 9.05 Å². The Morgan fingerprint density at radius 3 is 1.71 bits per heavy atom. The fourth-order valence-electron chi connectivity index (χ4n) is 0.802. The molecule has 72 valence electrons. The minimum Gasteiger partial charge on any atom is -0.455 e. The largest absolute Gasteiger partial charge is 0.455 e. The minimum atomic E-state index is 0.326. The maximum atomic E-state index is 5.21. The van der Waals surface area contributed by atoms with Crippen LogP contribution in [0.25, 0.3) is 0 Å². The van der Waals surface area contributed by atoms with Crippen molar-refractivity contribution in [3.63, 3.8) is 0 Å². The second-order valence-electron chi connectivity index (χ2n) is 2.37. The highest BCUT2D eigenvalue weighted by molar-refractivity contribution is 7.36. The van der Waals surface area contributed by atoms with Crippen LogP contribution in [0, 0.1) is 0 Å². The molecule has 0 aromatic heterocycles. The van der Waals surface area contributed by atoms with Gasteiger partial charge in [-0.05, 0) is 11.6 Å². The second kappa shape index (κ2) is 5.04. The van der Waals surface area contributed by atoms with Gasteiger partial charge in [-0.25, -0.2) is 0 Å². The number of hydrogen-bond donors (Lipinski definition) is 0. The highest BCUT2D eigenvalue weighted by atomic mass is 31.1. The second-order valence-corrected chi connectivity index (χ2v) is 3.91. The van der Waals surface area contributed by atoms with Crippen LogP contribution in [-0.4, -0.2) is 0 Å². The summed E-state index contributed by atoms with van der Waals surface area (Å²) >= 11 is 0. The van der Waals surface area contributed by atoms with Crippen molar-refractivity contribution < 1.29 is 9.05 Å². The van der Waals surface area contributed by atoms with E-state index >= 15 is 0 Å². The Hall–Kier alpha value is -0.980. The molecule has 2 heterocycles. The van der Waals surface area contributed by atoms with Gasteiger partial charge < -0.3 is 9.05 Å². The average Bonchev–Trinajstić information content (AvgIpc) is 2.29. The molecule has 0 aromatic rings. The van der Waals surface area contributed by atoms with Crippen molar-refractivity contribution in [1.82, 2.24) is 0 Å². The zero-order chi connectivity index (χ0) is 9.64. The predicted octanol–water partition coefficient (Wildman–Crippen LogP) is 3.40. The van der Waals surface area contributed by atoms with Gasteiger partial charge in [0.2, 0.25) is 11.8 Å². The van der Waals surface area contributed by atoms with Gasteiger partial charge in [-0.1, -0.05) is 12.2 Å². The summed E-state index contributed by atoms with van der Waals surface area (Å²) in [5, 5.41) is 7.81. The van der Waals surface area contributed by atoms with E-state index in [-0.39, 0.29) is 0 Å². The first-order chi connectivity index (χ1) is 6.95. The molecule has 0 saturated carbocycles. The summed E-state index contributed by atoms with van der Waals surface area (Å²) in [5.74, 6) is 4.90. The topological polar surface area (TPSA) is 43.2 Å². The van der Waals surface area contributed by atoms with E-state index < -0.39 is 0 Å². The molecule has 14 heavy (non-hydrogen) atoms. The maximum absolute atomic E-state index is 5.21. The first-order valence-corrected chi connectivity index (χ1v) is 5.92. The van der Waals surface area contributed by atoms with Crippen LogP contribution in [0.1, 0.15) is 0 Å². The molecule has 6 heteroatoms. The van der Waals surface area contributed by atoms with E-state index in [1.807, 2.05) is 23.8 Å². The SMILES string of the molecule is C1=CPOC(N=NC2=CC=CPO2)=C1. The summed E-state index contributed by atoms with van der Waals surface area (Å²) in [6.45, 7) is 0. The van der Waals surface area contributed by atoms with Crippen molar-refractivity contribution in [2.24, 2.45) is 10.2 Å². The average molecular weight is 226 g/mol. The highest BCUT2D eigenvalue weighted by Crippen LogP contribution is 2.27. The fraction of sp³-hybridized carbons (Fsp3) is 0. The van der Waals surface area contributed by atoms with Gasteiger partial charge >= 0.3 is 0 Å². The van der Waals surface area contributed by atoms with Crippen molar-refractivity contribution in [2.45, 2.75) is 0 Å². The Bertz CT molecular complexity index is 324. The van der Waals surface area contributed by atoms with Crippen molar-refractivity contribution in [3.05, 3.63) is 47.7 Å². The molecule has 0 radical (unpaired) electrons. The summed E-state index contributed by atoms with van der Waals surface area (Å²) in [6, 6.07) is 0. The lowest BCUT2D eigenvalue weighted by molar-refractivity contribution is 0.444. The zero-order valence-electron chi connectivity index (χ0n) is 7.18. The Morgan fingerprint density at radius 1 is 0.857 bits per heavy atom. The summed E-state index contributed by atoms with van der Waals surface area (Å²) < 4.78 is 10.4. The maximum Gasteiger partial charge on any atom is 0.236 e. The zero-order valence-corrected chi connectivity index (χ0v) is 9.18. The lowest BCUT2D eigenvalue weighted by Crippen LogP contribution is -1.83. The molecule has 0 aliphatic carbocycles. The third kappa shape index (κ3) is 2.76. The van der Waals surface area contributed by atoms with E-state index in [0.717, 1.165) is 0 Å². The van der Waals surface area contributed by atoms with Gasteiger partial charge in [0.05, 0.1) is 17.6 Å². The van der Waals surface area contributed by atoms with Crippen LogP contribution in [0.4, 0.5) is 0 Å². The lowest BCUT2D eigenvalue weighted by atomic mass is 10.6. The Labute approximate surface area is 85.2 Å². The smallest absolute Gasteiger partial charge is 0.236 e. The van der Waals surface area contributed by atoms with Crippen molar-refractivity contribution in [3.8, 4) is 0 Å². The van der Waals surface area contributed by atoms with Crippen LogP contribution < -0.4 is 0 Å². The van der Waals surface area contributed by atoms with Crippen LogP contribution in [0.15, 0.2) is 57.9 Å². The summed E-state index contributed by atoms with van der Waals surface area (Å²) in [5.41, 5.74) is 0. The first kappa shape index (κ1) is 9.57. The van der Waals surface area contributed by atoms with Crippen LogP contribution in [0.2, 0.25) is 0 Å². The van der Waals surface area contributed by atoms with Gasteiger partial charge in [0.1, 0.15) is 0 Å². The van der Waals surface area contributed by atoms with Crippen molar-refractivity contribution in [1.29, 1.82) is 0 Å². The van der Waals surface area contributed by atoms with Crippen LogP contribution in [0.3, 0.4) is 0 Å². The number of nitrogens with zero attached hydrogens (tertiary/aromatic N) is 2. The van der Waals surface area contributed by atoms with E-state index in [1.54, 1.807) is 12.2 Å². The number of hydrogen-bond acceptors (Lipinski definition) is 4. The number of rotatable bonds is 2. The molecule has 0 amide bonds. The van der Waals surface area contributed by atoms with Crippen molar-refractivity contribution in [2.75, 3.05) is 0 Å². The molecule has 2 rings (SSSR count). The van der Waals surface area contributed by atoms with Crippen LogP contribution in [0.5, 0.6) is 0 Å². The van der Waals surface area contributed by atoms with Gasteiger partial charge in [0.15, 0.2) is 0 Å². The molecule has 0 fully saturated rings. The number of allylic oxidation sites excluding steroid dienone is 4. The molecule has 2 aliphatic rings. The molecular formula is C8H8N2O2P2. The highest BCUT2D eigenvalue weighted by Gasteiger charge is 2.00. The van der Waals surface area contributed by atoms with Crippen molar-refractivity contribution >= 4 is 17.6 Å². The standard InChI is InChI=1S/C8H8N2O2P2/c1-3-7(11-13-5-1)9-10-8-4-2-6-14-12-8/h1-6,13-14H. The van der Waals surface area contributed by atoms with Gasteiger partial charge in [-0.2, -0.15) is 0 Å². The van der Waals surface area contributed by atoms with E-state index in [1.165, 1.54) is 0 Å². The molecule has 2 unspecified atom stereocenters. The molecule has 0 bridgehead atoms. The van der Waals surface area contributed by atoms with E-state index in [2.05, 4.69) is 10.2 Å². The lowest BCUT2D eigenvalue weighted by Gasteiger charge is -2.06. The first-order valence-electron chi connectivity index (χ1n) is 3.95. The van der Waals surface area contributed by atoms with Gasteiger partial charge in [-0.3, -0.25) is 0 Å². The Kier molecular flexibility index (Phi) is 3.44. The minimum absolute atomic E-state index is 0.326. The molecular weight excluding hydrogens is 218 g/mol. The third-order valence-corrected chi connectivity index (χ3v) is 2.69. The predicted molar refractivity (Wildman–Crippen MR) is 58.1 cm³/mol. The van der Waals surface area contributed by atoms with E-state index in [4.69, 9.17) is 9.05 Å². The van der Waals surface area contributed by atoms with E-state index in [0.29, 0.717) is 29.4 Å².